The van der Waals surface area contributed by atoms with Gasteiger partial charge in [0.15, 0.2) is 0 Å². The van der Waals surface area contributed by atoms with Gasteiger partial charge in [-0.1, -0.05) is 49.3 Å². The topological polar surface area (TPSA) is 89.3 Å². The summed E-state index contributed by atoms with van der Waals surface area (Å²) in [5.41, 5.74) is 2.52. The Bertz CT molecular complexity index is 1190. The van der Waals surface area contributed by atoms with Crippen molar-refractivity contribution in [2.24, 2.45) is 0 Å². The second-order valence-corrected chi connectivity index (χ2v) is 7.96. The van der Waals surface area contributed by atoms with Crippen LogP contribution in [-0.2, 0) is 5.75 Å². The zero-order chi connectivity index (χ0) is 19.7. The first-order valence-electron chi connectivity index (χ1n) is 8.71. The average Bonchev–Trinajstić information content (AvgIpc) is 3.15. The fourth-order valence-electron chi connectivity index (χ4n) is 2.79. The molecule has 0 aliphatic carbocycles. The molecule has 28 heavy (non-hydrogen) atoms. The second-order valence-electron chi connectivity index (χ2n) is 6.58. The summed E-state index contributed by atoms with van der Waals surface area (Å²) in [6.45, 7) is 4.30. The van der Waals surface area contributed by atoms with E-state index in [9.17, 15) is 4.79 Å². The normalized spacial score (nSPS) is 11.4. The molecule has 0 aliphatic rings. The maximum absolute atomic E-state index is 12.3. The predicted molar refractivity (Wildman–Crippen MR) is 110 cm³/mol. The molecule has 0 unspecified atom stereocenters. The average molecular weight is 413 g/mol. The summed E-state index contributed by atoms with van der Waals surface area (Å²) >= 11 is 7.35. The number of hydrogen-bond donors (Lipinski definition) is 1. The Labute approximate surface area is 170 Å². The molecule has 2 aromatic carbocycles. The van der Waals surface area contributed by atoms with Crippen molar-refractivity contribution in [1.82, 2.24) is 30.2 Å². The first-order chi connectivity index (χ1) is 13.5. The minimum Gasteiger partial charge on any atom is -0.309 e. The van der Waals surface area contributed by atoms with Crippen LogP contribution in [0.5, 0.6) is 0 Å². The van der Waals surface area contributed by atoms with Gasteiger partial charge in [-0.05, 0) is 52.2 Å². The molecule has 0 fully saturated rings. The van der Waals surface area contributed by atoms with Gasteiger partial charge in [0.05, 0.1) is 22.3 Å². The van der Waals surface area contributed by atoms with Crippen LogP contribution in [0.4, 0.5) is 0 Å². The zero-order valence-corrected chi connectivity index (χ0v) is 16.8. The molecular formula is C19H17ClN6OS. The van der Waals surface area contributed by atoms with E-state index in [-0.39, 0.29) is 5.56 Å². The number of benzene rings is 2. The lowest BCUT2D eigenvalue weighted by molar-refractivity contribution is 0.754. The van der Waals surface area contributed by atoms with Crippen molar-refractivity contribution in [2.45, 2.75) is 30.7 Å². The summed E-state index contributed by atoms with van der Waals surface area (Å²) in [4.78, 5) is 19.6. The molecule has 1 N–H and O–H groups in total. The van der Waals surface area contributed by atoms with Gasteiger partial charge in [-0.3, -0.25) is 4.79 Å². The van der Waals surface area contributed by atoms with E-state index >= 15 is 0 Å². The molecule has 0 radical (unpaired) electrons. The largest absolute Gasteiger partial charge is 0.309 e. The van der Waals surface area contributed by atoms with E-state index in [1.807, 2.05) is 12.1 Å². The number of thioether (sulfide) groups is 1. The smallest absolute Gasteiger partial charge is 0.258 e. The van der Waals surface area contributed by atoms with Crippen molar-refractivity contribution in [3.63, 3.8) is 0 Å². The quantitative estimate of drug-likeness (QED) is 0.499. The molecule has 7 nitrogen and oxygen atoms in total. The van der Waals surface area contributed by atoms with Crippen molar-refractivity contribution in [3.8, 4) is 5.69 Å². The first kappa shape index (κ1) is 18.6. The standard InChI is InChI=1S/C19H17ClN6OS/c1-11(2)12-3-6-14(7-4-12)26-19(23-24-25-26)28-10-17-21-16-8-5-13(20)9-15(16)18(27)22-17/h3-9,11H,10H2,1-2H3,(H,21,22,27). The molecule has 142 valence electrons. The third-order valence-corrected chi connectivity index (χ3v) is 5.47. The van der Waals surface area contributed by atoms with Crippen LogP contribution in [0.25, 0.3) is 16.6 Å². The lowest BCUT2D eigenvalue weighted by Crippen LogP contribution is -2.11. The van der Waals surface area contributed by atoms with Crippen molar-refractivity contribution >= 4 is 34.3 Å². The summed E-state index contributed by atoms with van der Waals surface area (Å²) in [5.74, 6) is 1.44. The van der Waals surface area contributed by atoms with Gasteiger partial charge >= 0.3 is 0 Å². The number of nitrogens with one attached hydrogen (secondary N) is 1. The minimum absolute atomic E-state index is 0.216. The van der Waals surface area contributed by atoms with E-state index in [0.717, 1.165) is 5.69 Å². The summed E-state index contributed by atoms with van der Waals surface area (Å²) in [6.07, 6.45) is 0. The van der Waals surface area contributed by atoms with Gasteiger partial charge in [-0.2, -0.15) is 4.68 Å². The summed E-state index contributed by atoms with van der Waals surface area (Å²) in [5, 5.41) is 13.5. The number of aromatic amines is 1. The fourth-order valence-corrected chi connectivity index (χ4v) is 3.73. The van der Waals surface area contributed by atoms with Gasteiger partial charge in [0.25, 0.3) is 5.56 Å². The molecule has 4 aromatic rings. The van der Waals surface area contributed by atoms with Crippen LogP contribution in [0, 0.1) is 0 Å². The third-order valence-electron chi connectivity index (χ3n) is 4.30. The number of aromatic nitrogens is 6. The number of rotatable bonds is 5. The highest BCUT2D eigenvalue weighted by atomic mass is 35.5. The molecule has 0 bridgehead atoms. The molecule has 0 spiro atoms. The molecule has 0 atom stereocenters. The van der Waals surface area contributed by atoms with E-state index in [4.69, 9.17) is 11.6 Å². The third kappa shape index (κ3) is 3.79. The van der Waals surface area contributed by atoms with Crippen LogP contribution >= 0.6 is 23.4 Å². The van der Waals surface area contributed by atoms with Crippen LogP contribution in [0.15, 0.2) is 52.4 Å². The number of fused-ring (bicyclic) bond motifs is 1. The van der Waals surface area contributed by atoms with Crippen LogP contribution in [-0.4, -0.2) is 30.2 Å². The van der Waals surface area contributed by atoms with Crippen molar-refractivity contribution in [2.75, 3.05) is 0 Å². The van der Waals surface area contributed by atoms with E-state index in [0.29, 0.717) is 38.6 Å². The van der Waals surface area contributed by atoms with Gasteiger partial charge in [-0.25, -0.2) is 4.98 Å². The number of halogens is 1. The van der Waals surface area contributed by atoms with E-state index in [1.165, 1.54) is 17.3 Å². The fraction of sp³-hybridized carbons (Fsp3) is 0.211. The number of tetrazole rings is 1. The Hall–Kier alpha value is -2.71. The van der Waals surface area contributed by atoms with Crippen LogP contribution in [0.2, 0.25) is 5.02 Å². The van der Waals surface area contributed by atoms with Gasteiger partial charge in [0.1, 0.15) is 5.82 Å². The molecule has 9 heteroatoms. The number of H-pyrrole nitrogens is 1. The van der Waals surface area contributed by atoms with Crippen molar-refractivity contribution < 1.29 is 0 Å². The highest BCUT2D eigenvalue weighted by Gasteiger charge is 2.12. The van der Waals surface area contributed by atoms with Gasteiger partial charge < -0.3 is 4.98 Å². The summed E-state index contributed by atoms with van der Waals surface area (Å²) in [6, 6.07) is 13.2. The highest BCUT2D eigenvalue weighted by Crippen LogP contribution is 2.23. The van der Waals surface area contributed by atoms with Gasteiger partial charge in [-0.15, -0.1) is 5.10 Å². The van der Waals surface area contributed by atoms with E-state index in [1.54, 1.807) is 22.9 Å². The number of nitrogens with zero attached hydrogens (tertiary/aromatic N) is 5. The SMILES string of the molecule is CC(C)c1ccc(-n2nnnc2SCc2nc3ccc(Cl)cc3c(=O)[nH]2)cc1. The van der Waals surface area contributed by atoms with Crippen LogP contribution in [0.1, 0.15) is 31.2 Å². The molecular weight excluding hydrogens is 396 g/mol. The summed E-state index contributed by atoms with van der Waals surface area (Å²) in [7, 11) is 0. The van der Waals surface area contributed by atoms with Crippen molar-refractivity contribution in [1.29, 1.82) is 0 Å². The Kier molecular flexibility index (Phi) is 5.15. The lowest BCUT2D eigenvalue weighted by Gasteiger charge is -2.08. The Morgan fingerprint density at radius 2 is 1.96 bits per heavy atom. The van der Waals surface area contributed by atoms with Crippen molar-refractivity contribution in [3.05, 3.63) is 69.2 Å². The highest BCUT2D eigenvalue weighted by molar-refractivity contribution is 7.98. The van der Waals surface area contributed by atoms with Gasteiger partial charge in [0.2, 0.25) is 5.16 Å². The van der Waals surface area contributed by atoms with E-state index in [2.05, 4.69) is 51.5 Å². The molecule has 4 rings (SSSR count). The molecule has 0 saturated carbocycles. The van der Waals surface area contributed by atoms with Crippen LogP contribution in [0.3, 0.4) is 0 Å². The molecule has 0 saturated heterocycles. The first-order valence-corrected chi connectivity index (χ1v) is 10.1. The molecule has 0 amide bonds. The molecule has 0 aliphatic heterocycles. The Balaban J connectivity index is 1.57. The lowest BCUT2D eigenvalue weighted by atomic mass is 10.0. The predicted octanol–water partition coefficient (Wildman–Crippen LogP) is 3.97. The minimum atomic E-state index is -0.216. The van der Waals surface area contributed by atoms with Gasteiger partial charge in [0, 0.05) is 5.02 Å². The summed E-state index contributed by atoms with van der Waals surface area (Å²) < 4.78 is 1.67. The zero-order valence-electron chi connectivity index (χ0n) is 15.3. The molecule has 2 aromatic heterocycles. The molecule has 2 heterocycles. The maximum Gasteiger partial charge on any atom is 0.258 e. The second kappa shape index (κ2) is 7.73. The monoisotopic (exact) mass is 412 g/mol. The van der Waals surface area contributed by atoms with E-state index < -0.39 is 0 Å². The Morgan fingerprint density at radius 3 is 2.71 bits per heavy atom. The Morgan fingerprint density at radius 1 is 1.18 bits per heavy atom. The van der Waals surface area contributed by atoms with Crippen LogP contribution < -0.4 is 5.56 Å². The number of hydrogen-bond acceptors (Lipinski definition) is 6. The maximum atomic E-state index is 12.3.